The number of anilines is 1. The number of hydrogen-bond donors (Lipinski definition) is 3. The molecule has 3 N–H and O–H groups in total. The number of nitrogens with one attached hydrogen (secondary N) is 3. The number of halogens is 5. The molecular formula is C32H41F5N4O8. The maximum absolute atomic E-state index is 12.6. The second kappa shape index (κ2) is 26.8. The molecule has 2 rings (SSSR count). The fraction of sp³-hybridized carbons (Fsp3) is 0.375. The zero-order valence-corrected chi connectivity index (χ0v) is 27.9. The minimum atomic E-state index is -2.20. The molecule has 1 atom stereocenters. The number of amides is 3. The van der Waals surface area contributed by atoms with Crippen molar-refractivity contribution < 1.29 is 60.2 Å². The van der Waals surface area contributed by atoms with Gasteiger partial charge in [-0.2, -0.15) is 8.78 Å². The number of carbonyl (C=O) groups excluding carboxylic acids is 6. The van der Waals surface area contributed by atoms with Gasteiger partial charge in [0.1, 0.15) is 19.2 Å². The molecule has 272 valence electrons. The molecule has 0 aromatic heterocycles. The topological polar surface area (TPSA) is 160 Å². The number of allylic oxidation sites excluding steroid dienone is 1. The summed E-state index contributed by atoms with van der Waals surface area (Å²) < 4.78 is 70.7. The number of ether oxygens (including phenoxy) is 2. The summed E-state index contributed by atoms with van der Waals surface area (Å²) in [6, 6.07) is 7.47. The lowest BCUT2D eigenvalue weighted by atomic mass is 10.0. The summed E-state index contributed by atoms with van der Waals surface area (Å²) in [7, 11) is 4.39. The Morgan fingerprint density at radius 3 is 1.82 bits per heavy atom. The van der Waals surface area contributed by atoms with E-state index in [1.807, 2.05) is 45.2 Å². The monoisotopic (exact) mass is 704 g/mol. The maximum Gasteiger partial charge on any atom is 0.293 e. The van der Waals surface area contributed by atoms with E-state index in [4.69, 9.17) is 0 Å². The van der Waals surface area contributed by atoms with Crippen LogP contribution in [0, 0.1) is 35.0 Å². The zero-order valence-electron chi connectivity index (χ0n) is 27.9. The van der Waals surface area contributed by atoms with Crippen molar-refractivity contribution in [2.24, 2.45) is 5.92 Å². The number of hydrogen-bond acceptors (Lipinski definition) is 10. The van der Waals surface area contributed by atoms with Crippen molar-refractivity contribution >= 4 is 43.0 Å². The van der Waals surface area contributed by atoms with Crippen LogP contribution in [-0.2, 0) is 40.1 Å². The van der Waals surface area contributed by atoms with Gasteiger partial charge in [-0.15, -0.1) is 0 Å². The highest BCUT2D eigenvalue weighted by Gasteiger charge is 2.26. The van der Waals surface area contributed by atoms with Crippen LogP contribution < -0.4 is 20.7 Å². The molecule has 0 saturated carbocycles. The Kier molecular flexibility index (Phi) is 25.2. The predicted octanol–water partition coefficient (Wildman–Crippen LogP) is 3.47. The molecule has 1 unspecified atom stereocenters. The first-order valence-corrected chi connectivity index (χ1v) is 14.3. The lowest BCUT2D eigenvalue weighted by Crippen LogP contribution is -2.46. The first-order valence-electron chi connectivity index (χ1n) is 14.3. The maximum atomic E-state index is 12.6. The van der Waals surface area contributed by atoms with Crippen LogP contribution in [-0.4, -0.2) is 82.5 Å². The standard InChI is InChI=1S/C9H11NO2.C8H16N2O2.C8H11NO3.C7H3F5O/c1-10-9-4-2-8(3-5-9)6-12-7-11;1-6(2)7(9-3)8(12)10-4-5-11;1-2-4-8(12)9(7-11)5-3-6-10;1-13-7-5(11)3(9)2(8)4(10)6(7)12/h2-5,7,10H,6H2,1H3;5-7,9H,4H2,1-3H3,(H,10,12);2,4,6-7H,3,5H2,1H3;1H3/b;;4-2-;. The van der Waals surface area contributed by atoms with E-state index in [0.717, 1.165) is 23.3 Å². The van der Waals surface area contributed by atoms with Crippen molar-refractivity contribution in [2.75, 3.05) is 39.6 Å². The molecule has 0 heterocycles. The third-order valence-electron chi connectivity index (χ3n) is 5.76. The Bertz CT molecular complexity index is 1330. The summed E-state index contributed by atoms with van der Waals surface area (Å²) in [5.74, 6) is -11.8. The van der Waals surface area contributed by atoms with Gasteiger partial charge in [-0.05, 0) is 43.7 Å². The SMILES string of the molecule is C/C=C\C(=O)N(C=O)CCC=O.CNC(C(=O)NCC=O)C(C)C.CNc1ccc(COC=O)cc1.COc1c(F)c(F)c(F)c(F)c1F. The van der Waals surface area contributed by atoms with Gasteiger partial charge in [0.25, 0.3) is 12.4 Å². The number of methoxy groups -OCH3 is 1. The van der Waals surface area contributed by atoms with Crippen molar-refractivity contribution in [3.63, 3.8) is 0 Å². The molecule has 0 fully saturated rings. The first kappa shape index (κ1) is 45.9. The molecule has 0 saturated heterocycles. The van der Waals surface area contributed by atoms with Crippen molar-refractivity contribution in [3.8, 4) is 5.75 Å². The third-order valence-corrected chi connectivity index (χ3v) is 5.76. The Morgan fingerprint density at radius 1 is 0.878 bits per heavy atom. The number of likely N-dealkylation sites (N-methyl/N-ethyl adjacent to an activating group) is 1. The van der Waals surface area contributed by atoms with Gasteiger partial charge in [0.05, 0.1) is 19.7 Å². The average Bonchev–Trinajstić information content (AvgIpc) is 3.10. The first-order chi connectivity index (χ1) is 23.3. The smallest absolute Gasteiger partial charge is 0.293 e. The van der Waals surface area contributed by atoms with Gasteiger partial charge in [-0.3, -0.25) is 24.1 Å². The van der Waals surface area contributed by atoms with Crippen molar-refractivity contribution in [1.29, 1.82) is 0 Å². The number of imide groups is 1. The largest absolute Gasteiger partial charge is 0.491 e. The number of aldehydes is 2. The van der Waals surface area contributed by atoms with E-state index in [9.17, 15) is 50.7 Å². The molecule has 0 aliphatic carbocycles. The van der Waals surface area contributed by atoms with Gasteiger partial charge < -0.3 is 35.0 Å². The van der Waals surface area contributed by atoms with Crippen molar-refractivity contribution in [1.82, 2.24) is 15.5 Å². The van der Waals surface area contributed by atoms with Gasteiger partial charge >= 0.3 is 0 Å². The Hall–Kier alpha value is -5.19. The Balaban J connectivity index is 0. The summed E-state index contributed by atoms with van der Waals surface area (Å²) in [6.07, 6.45) is 4.76. The van der Waals surface area contributed by atoms with E-state index in [-0.39, 0.29) is 37.4 Å². The minimum Gasteiger partial charge on any atom is -0.491 e. The van der Waals surface area contributed by atoms with Crippen molar-refractivity contribution in [3.05, 3.63) is 71.1 Å². The summed E-state index contributed by atoms with van der Waals surface area (Å²) in [4.78, 5) is 63.2. The van der Waals surface area contributed by atoms with E-state index in [2.05, 4.69) is 25.4 Å². The van der Waals surface area contributed by atoms with E-state index < -0.39 is 40.7 Å². The van der Waals surface area contributed by atoms with Crippen LogP contribution in [0.5, 0.6) is 5.75 Å². The van der Waals surface area contributed by atoms with E-state index in [1.165, 1.54) is 6.08 Å². The Morgan fingerprint density at radius 2 is 1.43 bits per heavy atom. The fourth-order valence-electron chi connectivity index (χ4n) is 3.33. The van der Waals surface area contributed by atoms with Gasteiger partial charge in [0.15, 0.2) is 5.75 Å². The number of benzene rings is 2. The van der Waals surface area contributed by atoms with Crippen LogP contribution in [0.25, 0.3) is 0 Å². The second-order valence-corrected chi connectivity index (χ2v) is 9.47. The number of nitrogens with zero attached hydrogens (tertiary/aromatic N) is 1. The average molecular weight is 705 g/mol. The van der Waals surface area contributed by atoms with Crippen molar-refractivity contribution in [2.45, 2.75) is 39.8 Å². The third kappa shape index (κ3) is 17.5. The van der Waals surface area contributed by atoms with Crippen LogP contribution in [0.4, 0.5) is 27.6 Å². The molecule has 0 spiro atoms. The molecule has 17 heteroatoms. The molecule has 2 aromatic rings. The number of rotatable bonds is 15. The van der Waals surface area contributed by atoms with Crippen LogP contribution in [0.1, 0.15) is 32.8 Å². The molecule has 0 bridgehead atoms. The quantitative estimate of drug-likeness (QED) is 0.0824. The lowest BCUT2D eigenvalue weighted by molar-refractivity contribution is -0.134. The van der Waals surface area contributed by atoms with E-state index >= 15 is 0 Å². The molecule has 2 aromatic carbocycles. The predicted molar refractivity (Wildman–Crippen MR) is 170 cm³/mol. The summed E-state index contributed by atoms with van der Waals surface area (Å²) in [6.45, 7) is 6.60. The molecule has 0 aliphatic rings. The molecule has 0 radical (unpaired) electrons. The van der Waals surface area contributed by atoms with Gasteiger partial charge in [0, 0.05) is 25.7 Å². The molecular weight excluding hydrogens is 663 g/mol. The highest BCUT2D eigenvalue weighted by molar-refractivity contribution is 5.94. The summed E-state index contributed by atoms with van der Waals surface area (Å²) in [5.41, 5.74) is 2.03. The molecule has 12 nitrogen and oxygen atoms in total. The highest BCUT2D eigenvalue weighted by Crippen LogP contribution is 2.28. The molecule has 49 heavy (non-hydrogen) atoms. The van der Waals surface area contributed by atoms with E-state index in [1.54, 1.807) is 20.0 Å². The summed E-state index contributed by atoms with van der Waals surface area (Å²) in [5, 5.41) is 8.38. The molecule has 0 aliphatic heterocycles. The lowest BCUT2D eigenvalue weighted by Gasteiger charge is -2.18. The highest BCUT2D eigenvalue weighted by atomic mass is 19.2. The van der Waals surface area contributed by atoms with E-state index in [0.29, 0.717) is 32.1 Å². The Labute approximate surface area is 281 Å². The zero-order chi connectivity index (χ0) is 37.9. The van der Waals surface area contributed by atoms with Crippen LogP contribution in [0.3, 0.4) is 0 Å². The van der Waals surface area contributed by atoms with Crippen LogP contribution in [0.15, 0.2) is 36.4 Å². The summed E-state index contributed by atoms with van der Waals surface area (Å²) >= 11 is 0. The fourth-order valence-corrected chi connectivity index (χ4v) is 3.33. The van der Waals surface area contributed by atoms with Gasteiger partial charge in [-0.1, -0.05) is 32.1 Å². The van der Waals surface area contributed by atoms with Crippen LogP contribution >= 0.6 is 0 Å². The van der Waals surface area contributed by atoms with Gasteiger partial charge in [0.2, 0.25) is 41.4 Å². The second-order valence-electron chi connectivity index (χ2n) is 9.47. The molecule has 3 amide bonds. The minimum absolute atomic E-state index is 0.0870. The van der Waals surface area contributed by atoms with Gasteiger partial charge in [-0.25, -0.2) is 13.2 Å². The normalized spacial score (nSPS) is 10.4. The van der Waals surface area contributed by atoms with Crippen LogP contribution in [0.2, 0.25) is 0 Å². The number of carbonyl (C=O) groups is 6.